The normalized spacial score (nSPS) is 14.3. The molecular formula is C59H74FN9O9. The fourth-order valence-electron chi connectivity index (χ4n) is 9.45. The number of aliphatic hydroxyl groups excluding tert-OH is 1. The van der Waals surface area contributed by atoms with Crippen LogP contribution in [-0.2, 0) is 48.0 Å². The van der Waals surface area contributed by atoms with Crippen LogP contribution in [0.15, 0.2) is 116 Å². The number of likely N-dealkylation sites (tertiary alicyclic amines) is 1. The highest BCUT2D eigenvalue weighted by atomic mass is 19.1. The number of fused-ring (bicyclic) bond motifs is 1. The number of halogens is 1. The van der Waals surface area contributed by atoms with E-state index >= 15 is 0 Å². The number of hydrogen-bond acceptors (Lipinski definition) is 11. The average molecular weight is 1070 g/mol. The molecule has 2 heterocycles. The van der Waals surface area contributed by atoms with Gasteiger partial charge in [-0.2, -0.15) is 0 Å². The zero-order chi connectivity index (χ0) is 56.0. The van der Waals surface area contributed by atoms with Crippen LogP contribution in [0.2, 0.25) is 0 Å². The van der Waals surface area contributed by atoms with E-state index in [1.807, 2.05) is 56.3 Å². The molecule has 5 aromatic rings. The van der Waals surface area contributed by atoms with Gasteiger partial charge in [-0.1, -0.05) is 80.6 Å². The van der Waals surface area contributed by atoms with Gasteiger partial charge in [-0.05, 0) is 128 Å². The number of unbranched alkanes of at least 4 members (excludes halogenated alkanes) is 1. The molecule has 5 atom stereocenters. The van der Waals surface area contributed by atoms with Gasteiger partial charge < -0.3 is 51.9 Å². The first-order chi connectivity index (χ1) is 37.6. The minimum absolute atomic E-state index is 0.00214. The number of carbonyl (C=O) groups excluding carboxylic acids is 7. The molecule has 78 heavy (non-hydrogen) atoms. The van der Waals surface area contributed by atoms with Gasteiger partial charge in [0.05, 0.1) is 12.2 Å². The molecule has 8 N–H and O–H groups in total. The molecule has 1 saturated heterocycles. The number of pyridine rings is 1. The molecule has 0 radical (unpaired) electrons. The monoisotopic (exact) mass is 1070 g/mol. The summed E-state index contributed by atoms with van der Waals surface area (Å²) in [6.07, 6.45) is 6.37. The second-order valence-electron chi connectivity index (χ2n) is 20.3. The quantitative estimate of drug-likeness (QED) is 0.0317. The molecule has 6 rings (SSSR count). The van der Waals surface area contributed by atoms with Crippen molar-refractivity contribution in [2.24, 2.45) is 5.92 Å². The van der Waals surface area contributed by atoms with Gasteiger partial charge in [-0.25, -0.2) is 4.39 Å². The molecule has 18 nitrogen and oxygen atoms in total. The minimum Gasteiger partial charge on any atom is -0.508 e. The lowest BCUT2D eigenvalue weighted by Gasteiger charge is -2.32. The van der Waals surface area contributed by atoms with Crippen molar-refractivity contribution in [2.75, 3.05) is 46.4 Å². The van der Waals surface area contributed by atoms with E-state index in [1.165, 1.54) is 37.5 Å². The van der Waals surface area contributed by atoms with Crippen LogP contribution in [0.25, 0.3) is 10.8 Å². The predicted molar refractivity (Wildman–Crippen MR) is 294 cm³/mol. The number of likely N-dealkylation sites (N-methyl/N-ethyl adjacent to an activating group) is 1. The maximum Gasteiger partial charge on any atom is 0.252 e. The minimum atomic E-state index is -1.62. The zero-order valence-electron chi connectivity index (χ0n) is 44.7. The number of nitrogens with zero attached hydrogens (tertiary/aromatic N) is 3. The molecule has 0 aliphatic carbocycles. The Morgan fingerprint density at radius 2 is 1.37 bits per heavy atom. The molecule has 5 unspecified atom stereocenters. The van der Waals surface area contributed by atoms with Crippen LogP contribution in [0.3, 0.4) is 0 Å². The molecular weight excluding hydrogens is 998 g/mol. The van der Waals surface area contributed by atoms with Gasteiger partial charge in [0, 0.05) is 58.3 Å². The van der Waals surface area contributed by atoms with Crippen LogP contribution in [-0.4, -0.2) is 143 Å². The number of aryl methyl sites for hydroxylation is 1. The van der Waals surface area contributed by atoms with Gasteiger partial charge in [-0.3, -0.25) is 38.5 Å². The van der Waals surface area contributed by atoms with E-state index in [0.29, 0.717) is 49.0 Å². The molecule has 416 valence electrons. The molecule has 1 aromatic heterocycles. The highest BCUT2D eigenvalue weighted by Crippen LogP contribution is 2.21. The molecule has 1 aliphatic rings. The van der Waals surface area contributed by atoms with E-state index in [-0.39, 0.29) is 62.1 Å². The second-order valence-corrected chi connectivity index (χ2v) is 20.3. The van der Waals surface area contributed by atoms with Gasteiger partial charge in [0.1, 0.15) is 41.8 Å². The summed E-state index contributed by atoms with van der Waals surface area (Å²) in [7, 11) is 1.33. The Hall–Kier alpha value is -7.77. The Morgan fingerprint density at radius 3 is 2.08 bits per heavy atom. The molecule has 7 amide bonds. The number of aromatic nitrogens is 1. The fraction of sp³-hybridized carbons (Fsp3) is 0.424. The number of rotatable bonds is 29. The number of aromatic hydroxyl groups is 1. The molecule has 0 bridgehead atoms. The van der Waals surface area contributed by atoms with Crippen molar-refractivity contribution in [1.82, 2.24) is 46.7 Å². The topological polar surface area (TPSA) is 251 Å². The van der Waals surface area contributed by atoms with Crippen LogP contribution in [0.1, 0.15) is 85.8 Å². The third-order valence-corrected chi connectivity index (χ3v) is 13.8. The van der Waals surface area contributed by atoms with Gasteiger partial charge in [0.25, 0.3) is 5.91 Å². The van der Waals surface area contributed by atoms with Crippen LogP contribution < -0.4 is 31.9 Å². The summed E-state index contributed by atoms with van der Waals surface area (Å²) in [4.78, 5) is 106. The Bertz CT molecular complexity index is 2770. The summed E-state index contributed by atoms with van der Waals surface area (Å²) < 4.78 is 13.6. The van der Waals surface area contributed by atoms with Gasteiger partial charge in [-0.15, -0.1) is 0 Å². The summed E-state index contributed by atoms with van der Waals surface area (Å²) >= 11 is 0. The van der Waals surface area contributed by atoms with Crippen molar-refractivity contribution >= 4 is 52.1 Å². The SMILES string of the molecule is CC(C)CC(NC(=O)C(CCCCNC(=O)c1cccnc1)NC(=O)C(Cc1ccc(O)cc1)N(C)C(=O)C(CO)NC(=O)C(Cc1cccc2ccccc12)NC(=O)CCc1ccc(F)cc1)C(=O)NCCN1CCCC1. The standard InChI is InChI=1S/C59H74FN9O9/c1-39(2)34-49(55(74)63-30-33-69-31-8-9-32-69)66-56(75)48(17-6-7-29-62-54(73)44-15-11-28-61-37-44)65-58(77)52(35-41-20-25-46(71)26-21-41)68(3)59(78)51(38-70)67-57(76)50(36-43-14-10-13-42-12-4-5-16-47(42)43)64-53(72)27-22-40-18-23-45(60)24-19-40/h4-5,10-16,18-21,23-26,28,37,39,48-52,70-71H,6-9,17,22,27,29-36,38H2,1-3H3,(H,62,73)(H,63,74)(H,64,72)(H,65,77)(H,66,75)(H,67,76). The number of amides is 7. The van der Waals surface area contributed by atoms with E-state index < -0.39 is 72.2 Å². The Morgan fingerprint density at radius 1 is 0.692 bits per heavy atom. The molecule has 0 saturated carbocycles. The molecule has 0 spiro atoms. The number of phenolic OH excluding ortho intramolecular Hbond substituents is 1. The van der Waals surface area contributed by atoms with Crippen LogP contribution in [0.5, 0.6) is 5.75 Å². The smallest absolute Gasteiger partial charge is 0.252 e. The van der Waals surface area contributed by atoms with Crippen LogP contribution in [0.4, 0.5) is 4.39 Å². The molecule has 1 fully saturated rings. The number of benzene rings is 4. The lowest BCUT2D eigenvalue weighted by molar-refractivity contribution is -0.143. The number of aliphatic hydroxyl groups is 1. The number of carbonyl (C=O) groups is 7. The first-order valence-electron chi connectivity index (χ1n) is 26.8. The summed E-state index contributed by atoms with van der Waals surface area (Å²) in [5.41, 5.74) is 2.32. The van der Waals surface area contributed by atoms with Crippen LogP contribution >= 0.6 is 0 Å². The Kier molecular flexibility index (Phi) is 23.1. The van der Waals surface area contributed by atoms with E-state index in [4.69, 9.17) is 0 Å². The van der Waals surface area contributed by atoms with Crippen molar-refractivity contribution in [1.29, 1.82) is 0 Å². The van der Waals surface area contributed by atoms with Crippen molar-refractivity contribution in [3.05, 3.63) is 144 Å². The number of phenols is 1. The summed E-state index contributed by atoms with van der Waals surface area (Å²) in [6, 6.07) is 21.7. The highest BCUT2D eigenvalue weighted by molar-refractivity contribution is 5.97. The maximum absolute atomic E-state index is 14.8. The van der Waals surface area contributed by atoms with Crippen molar-refractivity contribution in [3.8, 4) is 5.75 Å². The summed E-state index contributed by atoms with van der Waals surface area (Å²) in [5, 5.41) is 39.6. The maximum atomic E-state index is 14.8. The van der Waals surface area contributed by atoms with Crippen molar-refractivity contribution < 1.29 is 48.2 Å². The van der Waals surface area contributed by atoms with E-state index in [0.717, 1.165) is 47.2 Å². The molecule has 4 aromatic carbocycles. The van der Waals surface area contributed by atoms with Crippen molar-refractivity contribution in [3.63, 3.8) is 0 Å². The van der Waals surface area contributed by atoms with Crippen molar-refractivity contribution in [2.45, 2.75) is 108 Å². The molecule has 19 heteroatoms. The fourth-order valence-corrected chi connectivity index (χ4v) is 9.45. The average Bonchev–Trinajstić information content (AvgIpc) is 3.98. The first kappa shape index (κ1) is 59.5. The third-order valence-electron chi connectivity index (χ3n) is 13.8. The predicted octanol–water partition coefficient (Wildman–Crippen LogP) is 4.11. The summed E-state index contributed by atoms with van der Waals surface area (Å²) in [5.74, 6) is -4.72. The lowest BCUT2D eigenvalue weighted by atomic mass is 9.97. The van der Waals surface area contributed by atoms with Gasteiger partial charge in [0.2, 0.25) is 35.4 Å². The first-order valence-corrected chi connectivity index (χ1v) is 26.8. The second kappa shape index (κ2) is 30.2. The van der Waals surface area contributed by atoms with E-state index in [9.17, 15) is 48.2 Å². The number of nitrogens with one attached hydrogen (secondary N) is 6. The number of hydrogen-bond donors (Lipinski definition) is 8. The largest absolute Gasteiger partial charge is 0.508 e. The molecule has 1 aliphatic heterocycles. The van der Waals surface area contributed by atoms with Gasteiger partial charge in [0.15, 0.2) is 0 Å². The Balaban J connectivity index is 1.22. The van der Waals surface area contributed by atoms with E-state index in [1.54, 1.807) is 42.6 Å². The zero-order valence-corrected chi connectivity index (χ0v) is 44.7. The van der Waals surface area contributed by atoms with Gasteiger partial charge >= 0.3 is 0 Å². The Labute approximate surface area is 455 Å². The van der Waals surface area contributed by atoms with E-state index in [2.05, 4.69) is 41.8 Å². The van der Waals surface area contributed by atoms with Crippen LogP contribution in [0, 0.1) is 11.7 Å². The summed E-state index contributed by atoms with van der Waals surface area (Å²) in [6.45, 7) is 6.16. The lowest BCUT2D eigenvalue weighted by Crippen LogP contribution is -2.60. The third kappa shape index (κ3) is 18.5. The highest BCUT2D eigenvalue weighted by Gasteiger charge is 2.36.